The van der Waals surface area contributed by atoms with Crippen molar-refractivity contribution in [1.82, 2.24) is 9.84 Å². The van der Waals surface area contributed by atoms with E-state index in [0.29, 0.717) is 0 Å². The van der Waals surface area contributed by atoms with Crippen molar-refractivity contribution in [2.75, 3.05) is 14.1 Å². The fraction of sp³-hybridized carbons (Fsp3) is 1.00. The summed E-state index contributed by atoms with van der Waals surface area (Å²) in [6, 6.07) is 0. The molecule has 1 unspecified atom stereocenters. The van der Waals surface area contributed by atoms with Gasteiger partial charge in [-0.25, -0.2) is 9.63 Å². The lowest BCUT2D eigenvalue weighted by Crippen LogP contribution is -2.31. The Morgan fingerprint density at radius 2 is 2.29 bits per heavy atom. The minimum absolute atomic E-state index is 1.07. The lowest BCUT2D eigenvalue weighted by Gasteiger charge is -2.06. The van der Waals surface area contributed by atoms with Crippen LogP contribution < -0.4 is 5.43 Å². The van der Waals surface area contributed by atoms with E-state index >= 15 is 0 Å². The summed E-state index contributed by atoms with van der Waals surface area (Å²) < 4.78 is 19.1. The third-order valence-electron chi connectivity index (χ3n) is 0.549. The Morgan fingerprint density at radius 1 is 1.86 bits per heavy atom. The van der Waals surface area contributed by atoms with E-state index in [9.17, 15) is 4.21 Å². The van der Waals surface area contributed by atoms with Crippen LogP contribution in [0.1, 0.15) is 0 Å². The molecule has 0 saturated carbocycles. The molecule has 0 bridgehead atoms. The predicted octanol–water partition coefficient (Wildman–Crippen LogP) is -0.811. The summed E-state index contributed by atoms with van der Waals surface area (Å²) in [5.41, 5.74) is 2.45. The van der Waals surface area contributed by atoms with E-state index in [1.54, 1.807) is 7.05 Å². The summed E-state index contributed by atoms with van der Waals surface area (Å²) in [5.74, 6) is 0. The fourth-order valence-corrected chi connectivity index (χ4v) is 0.234. The molecule has 0 aliphatic rings. The van der Waals surface area contributed by atoms with Crippen LogP contribution in [-0.4, -0.2) is 27.3 Å². The van der Waals surface area contributed by atoms with Crippen LogP contribution in [0, 0.1) is 0 Å². The lowest BCUT2D eigenvalue weighted by atomic mass is 11.4. The van der Waals surface area contributed by atoms with Crippen molar-refractivity contribution in [3.8, 4) is 0 Å². The van der Waals surface area contributed by atoms with Crippen molar-refractivity contribution in [2.45, 2.75) is 0 Å². The zero-order valence-electron chi connectivity index (χ0n) is 4.21. The molecule has 0 aliphatic heterocycles. The molecule has 7 heavy (non-hydrogen) atoms. The molecule has 0 saturated heterocycles. The first-order valence-corrected chi connectivity index (χ1v) is 2.77. The molecule has 0 aromatic rings. The molecular formula is C2H8N2O2S. The van der Waals surface area contributed by atoms with Gasteiger partial charge in [-0.15, -0.1) is 4.41 Å². The number of nitrogens with one attached hydrogen (secondary N) is 1. The van der Waals surface area contributed by atoms with Gasteiger partial charge in [0.05, 0.1) is 0 Å². The van der Waals surface area contributed by atoms with Gasteiger partial charge in [0.2, 0.25) is 11.3 Å². The van der Waals surface area contributed by atoms with Crippen molar-refractivity contribution in [3.63, 3.8) is 0 Å². The van der Waals surface area contributed by atoms with Crippen LogP contribution in [0.2, 0.25) is 0 Å². The Hall–Kier alpha value is 0.0300. The number of hydrogen-bond acceptors (Lipinski definition) is 2. The molecule has 1 atom stereocenters. The first-order chi connectivity index (χ1) is 3.18. The maximum absolute atomic E-state index is 9.90. The standard InChI is InChI=1S/C2H8N2O2S/c1-3-4(2)7(5)6/h3H,1-2H3,(H,5,6). The van der Waals surface area contributed by atoms with Gasteiger partial charge in [0.15, 0.2) is 0 Å². The zero-order chi connectivity index (χ0) is 5.86. The van der Waals surface area contributed by atoms with Gasteiger partial charge in [-0.1, -0.05) is 0 Å². The monoisotopic (exact) mass is 124 g/mol. The fourth-order valence-electron chi connectivity index (χ4n) is 0.0781. The summed E-state index contributed by atoms with van der Waals surface area (Å²) in [7, 11) is 3.03. The van der Waals surface area contributed by atoms with E-state index in [2.05, 4.69) is 5.43 Å². The Kier molecular flexibility index (Phi) is 3.10. The average Bonchev–Trinajstić information content (AvgIpc) is 1.65. The number of hydrazine groups is 1. The molecule has 0 heterocycles. The molecule has 0 aromatic heterocycles. The molecule has 0 aliphatic carbocycles. The topological polar surface area (TPSA) is 52.6 Å². The molecule has 0 spiro atoms. The van der Waals surface area contributed by atoms with Crippen LogP contribution in [0.15, 0.2) is 0 Å². The molecule has 0 rings (SSSR count). The molecule has 0 amide bonds. The summed E-state index contributed by atoms with van der Waals surface area (Å²) in [6.07, 6.45) is 0. The van der Waals surface area contributed by atoms with Gasteiger partial charge in [-0.05, 0) is 7.05 Å². The molecular weight excluding hydrogens is 116 g/mol. The number of nitrogens with zero attached hydrogens (tertiary/aromatic N) is 1. The predicted molar refractivity (Wildman–Crippen MR) is 27.6 cm³/mol. The van der Waals surface area contributed by atoms with Crippen molar-refractivity contribution in [1.29, 1.82) is 0 Å². The highest BCUT2D eigenvalue weighted by Crippen LogP contribution is 1.73. The molecule has 0 aromatic carbocycles. The van der Waals surface area contributed by atoms with E-state index in [1.165, 1.54) is 7.05 Å². The zero-order valence-corrected chi connectivity index (χ0v) is 5.03. The first-order valence-electron chi connectivity index (χ1n) is 1.70. The van der Waals surface area contributed by atoms with Crippen molar-refractivity contribution >= 4 is 11.3 Å². The van der Waals surface area contributed by atoms with Gasteiger partial charge in [0.1, 0.15) is 0 Å². The van der Waals surface area contributed by atoms with Crippen LogP contribution in [-0.2, 0) is 11.3 Å². The third kappa shape index (κ3) is 2.69. The lowest BCUT2D eigenvalue weighted by molar-refractivity contribution is 0.389. The van der Waals surface area contributed by atoms with E-state index in [0.717, 1.165) is 4.41 Å². The van der Waals surface area contributed by atoms with E-state index in [1.807, 2.05) is 0 Å². The van der Waals surface area contributed by atoms with Gasteiger partial charge >= 0.3 is 0 Å². The molecule has 44 valence electrons. The van der Waals surface area contributed by atoms with Crippen molar-refractivity contribution in [2.24, 2.45) is 0 Å². The van der Waals surface area contributed by atoms with Gasteiger partial charge in [0.25, 0.3) is 0 Å². The number of hydrogen-bond donors (Lipinski definition) is 2. The van der Waals surface area contributed by atoms with Crippen LogP contribution in [0.25, 0.3) is 0 Å². The highest BCUT2D eigenvalue weighted by atomic mass is 32.2. The van der Waals surface area contributed by atoms with Gasteiger partial charge < -0.3 is 0 Å². The summed E-state index contributed by atoms with van der Waals surface area (Å²) in [4.78, 5) is 0. The van der Waals surface area contributed by atoms with Gasteiger partial charge in [-0.2, -0.15) is 0 Å². The summed E-state index contributed by atoms with van der Waals surface area (Å²) in [5, 5.41) is 0. The Labute approximate surface area is 44.9 Å². The largest absolute Gasteiger partial charge is 0.293 e. The maximum Gasteiger partial charge on any atom is 0.248 e. The van der Waals surface area contributed by atoms with Crippen LogP contribution in [0.3, 0.4) is 0 Å². The molecule has 4 nitrogen and oxygen atoms in total. The SMILES string of the molecule is CNN(C)S(=O)O. The van der Waals surface area contributed by atoms with Gasteiger partial charge in [0, 0.05) is 7.05 Å². The second kappa shape index (κ2) is 3.09. The third-order valence-corrected chi connectivity index (χ3v) is 1.20. The Bertz CT molecular complexity index is 76.1. The van der Waals surface area contributed by atoms with Crippen LogP contribution in [0.5, 0.6) is 0 Å². The highest BCUT2D eigenvalue weighted by molar-refractivity contribution is 7.76. The van der Waals surface area contributed by atoms with Crippen LogP contribution >= 0.6 is 0 Å². The normalized spacial score (nSPS) is 14.9. The van der Waals surface area contributed by atoms with E-state index in [4.69, 9.17) is 4.55 Å². The number of rotatable bonds is 2. The smallest absolute Gasteiger partial charge is 0.248 e. The average molecular weight is 124 g/mol. The van der Waals surface area contributed by atoms with E-state index in [-0.39, 0.29) is 0 Å². The van der Waals surface area contributed by atoms with Crippen molar-refractivity contribution in [3.05, 3.63) is 0 Å². The minimum Gasteiger partial charge on any atom is -0.293 e. The molecule has 0 fully saturated rings. The molecule has 2 N–H and O–H groups in total. The van der Waals surface area contributed by atoms with Crippen molar-refractivity contribution < 1.29 is 8.76 Å². The highest BCUT2D eigenvalue weighted by Gasteiger charge is 1.95. The Balaban J connectivity index is 3.34. The van der Waals surface area contributed by atoms with Gasteiger partial charge in [-0.3, -0.25) is 4.55 Å². The Morgan fingerprint density at radius 3 is 2.29 bits per heavy atom. The molecule has 0 radical (unpaired) electrons. The summed E-state index contributed by atoms with van der Waals surface area (Å²) in [6.45, 7) is 0. The maximum atomic E-state index is 9.90. The summed E-state index contributed by atoms with van der Waals surface area (Å²) >= 11 is -1.89. The second-order valence-corrected chi connectivity index (χ2v) is 1.96. The van der Waals surface area contributed by atoms with E-state index < -0.39 is 11.3 Å². The first kappa shape index (κ1) is 7.03. The quantitative estimate of drug-likeness (QED) is 0.374. The minimum atomic E-state index is -1.89. The second-order valence-electron chi connectivity index (χ2n) is 0.952. The van der Waals surface area contributed by atoms with Crippen LogP contribution in [0.4, 0.5) is 0 Å². The molecule has 5 heteroatoms.